The summed E-state index contributed by atoms with van der Waals surface area (Å²) >= 11 is 0. The van der Waals surface area contributed by atoms with Crippen molar-refractivity contribution >= 4 is 16.8 Å². The second kappa shape index (κ2) is 6.66. The van der Waals surface area contributed by atoms with E-state index in [2.05, 4.69) is 20.4 Å². The lowest BCUT2D eigenvalue weighted by Gasteiger charge is -2.08. The van der Waals surface area contributed by atoms with Crippen molar-refractivity contribution in [1.82, 2.24) is 25.1 Å². The predicted molar refractivity (Wildman–Crippen MR) is 89.9 cm³/mol. The van der Waals surface area contributed by atoms with Crippen molar-refractivity contribution in [3.8, 4) is 5.75 Å². The molecule has 1 amide bonds. The van der Waals surface area contributed by atoms with Crippen molar-refractivity contribution in [2.45, 2.75) is 26.4 Å². The number of benzene rings is 1. The molecule has 0 aliphatic rings. The molecule has 7 nitrogen and oxygen atoms in total. The van der Waals surface area contributed by atoms with Gasteiger partial charge in [0.1, 0.15) is 17.8 Å². The summed E-state index contributed by atoms with van der Waals surface area (Å²) in [6, 6.07) is 9.40. The van der Waals surface area contributed by atoms with Crippen molar-refractivity contribution in [3.05, 3.63) is 48.2 Å². The van der Waals surface area contributed by atoms with Gasteiger partial charge in [-0.05, 0) is 26.0 Å². The third kappa shape index (κ3) is 3.19. The number of amides is 1. The summed E-state index contributed by atoms with van der Waals surface area (Å²) < 4.78 is 7.11. The Morgan fingerprint density at radius 2 is 2.12 bits per heavy atom. The summed E-state index contributed by atoms with van der Waals surface area (Å²) in [6.07, 6.45) is 1.66. The molecule has 0 unspecified atom stereocenters. The third-order valence-electron chi connectivity index (χ3n) is 3.62. The molecule has 0 fully saturated rings. The largest absolute Gasteiger partial charge is 0.496 e. The zero-order valence-electron chi connectivity index (χ0n) is 13.9. The maximum Gasteiger partial charge on any atom is 0.270 e. The van der Waals surface area contributed by atoms with Crippen LogP contribution in [0, 0.1) is 0 Å². The van der Waals surface area contributed by atoms with Crippen LogP contribution >= 0.6 is 0 Å². The van der Waals surface area contributed by atoms with Crippen molar-refractivity contribution in [3.63, 3.8) is 0 Å². The molecule has 7 heteroatoms. The SMILES string of the molecule is COc1cc(C(=O)NCc2ncn(C(C)C)n2)nc2ccccc12. The highest BCUT2D eigenvalue weighted by atomic mass is 16.5. The van der Waals surface area contributed by atoms with Gasteiger partial charge >= 0.3 is 0 Å². The summed E-state index contributed by atoms with van der Waals surface area (Å²) in [5, 5.41) is 7.96. The van der Waals surface area contributed by atoms with Gasteiger partial charge in [0.15, 0.2) is 5.82 Å². The number of rotatable bonds is 5. The van der Waals surface area contributed by atoms with Crippen LogP contribution in [0.4, 0.5) is 0 Å². The summed E-state index contributed by atoms with van der Waals surface area (Å²) in [4.78, 5) is 20.9. The molecule has 24 heavy (non-hydrogen) atoms. The highest BCUT2D eigenvalue weighted by Gasteiger charge is 2.13. The number of ether oxygens (including phenoxy) is 1. The topological polar surface area (TPSA) is 81.9 Å². The molecule has 0 bridgehead atoms. The molecule has 0 atom stereocenters. The molecule has 3 aromatic rings. The van der Waals surface area contributed by atoms with E-state index in [-0.39, 0.29) is 18.5 Å². The molecule has 124 valence electrons. The molecule has 0 saturated carbocycles. The molecule has 0 saturated heterocycles. The van der Waals surface area contributed by atoms with Gasteiger partial charge in [0.2, 0.25) is 0 Å². The first-order chi connectivity index (χ1) is 11.6. The number of methoxy groups -OCH3 is 1. The normalized spacial score (nSPS) is 11.0. The Morgan fingerprint density at radius 1 is 1.33 bits per heavy atom. The number of hydrogen-bond donors (Lipinski definition) is 1. The van der Waals surface area contributed by atoms with E-state index in [1.807, 2.05) is 38.1 Å². The standard InChI is InChI=1S/C17H19N5O2/c1-11(2)22-10-19-16(21-22)9-18-17(23)14-8-15(24-3)12-6-4-5-7-13(12)20-14/h4-8,10-11H,9H2,1-3H3,(H,18,23). The summed E-state index contributed by atoms with van der Waals surface area (Å²) in [5.41, 5.74) is 1.01. The van der Waals surface area contributed by atoms with Gasteiger partial charge in [-0.1, -0.05) is 12.1 Å². The number of fused-ring (bicyclic) bond motifs is 1. The van der Waals surface area contributed by atoms with E-state index in [4.69, 9.17) is 4.74 Å². The molecule has 1 N–H and O–H groups in total. The second-order valence-electron chi connectivity index (χ2n) is 5.64. The van der Waals surface area contributed by atoms with Crippen molar-refractivity contribution < 1.29 is 9.53 Å². The predicted octanol–water partition coefficient (Wildman–Crippen LogP) is 2.35. The lowest BCUT2D eigenvalue weighted by Crippen LogP contribution is -2.24. The smallest absolute Gasteiger partial charge is 0.270 e. The van der Waals surface area contributed by atoms with E-state index >= 15 is 0 Å². The van der Waals surface area contributed by atoms with Crippen LogP contribution in [-0.2, 0) is 6.54 Å². The van der Waals surface area contributed by atoms with Crippen LogP contribution in [0.25, 0.3) is 10.9 Å². The molecule has 1 aromatic carbocycles. The number of nitrogens with one attached hydrogen (secondary N) is 1. The molecule has 2 aromatic heterocycles. The minimum Gasteiger partial charge on any atom is -0.496 e. The lowest BCUT2D eigenvalue weighted by atomic mass is 10.2. The van der Waals surface area contributed by atoms with Gasteiger partial charge in [-0.3, -0.25) is 9.48 Å². The second-order valence-corrected chi connectivity index (χ2v) is 5.64. The van der Waals surface area contributed by atoms with E-state index < -0.39 is 0 Å². The number of pyridine rings is 1. The molecule has 0 spiro atoms. The Kier molecular flexibility index (Phi) is 4.41. The molecule has 0 aliphatic carbocycles. The zero-order valence-corrected chi connectivity index (χ0v) is 13.9. The number of para-hydroxylation sites is 1. The number of carbonyl (C=O) groups is 1. The minimum atomic E-state index is -0.292. The van der Waals surface area contributed by atoms with Crippen LogP contribution in [0.1, 0.15) is 36.2 Å². The lowest BCUT2D eigenvalue weighted by molar-refractivity contribution is 0.0945. The fourth-order valence-electron chi connectivity index (χ4n) is 2.32. The van der Waals surface area contributed by atoms with E-state index in [0.29, 0.717) is 22.8 Å². The Bertz CT molecular complexity index is 872. The van der Waals surface area contributed by atoms with E-state index in [1.165, 1.54) is 0 Å². The average Bonchev–Trinajstić information content (AvgIpc) is 3.08. The Labute approximate surface area is 139 Å². The zero-order chi connectivity index (χ0) is 17.1. The van der Waals surface area contributed by atoms with Crippen LogP contribution < -0.4 is 10.1 Å². The fourth-order valence-corrected chi connectivity index (χ4v) is 2.32. The van der Waals surface area contributed by atoms with Crippen molar-refractivity contribution in [1.29, 1.82) is 0 Å². The van der Waals surface area contributed by atoms with E-state index in [0.717, 1.165) is 5.39 Å². The molecular weight excluding hydrogens is 306 g/mol. The quantitative estimate of drug-likeness (QED) is 0.778. The first kappa shape index (κ1) is 15.9. The highest BCUT2D eigenvalue weighted by molar-refractivity contribution is 5.96. The maximum atomic E-state index is 12.4. The summed E-state index contributed by atoms with van der Waals surface area (Å²) in [6.45, 7) is 4.28. The van der Waals surface area contributed by atoms with Crippen molar-refractivity contribution in [2.75, 3.05) is 7.11 Å². The Balaban J connectivity index is 1.78. The molecule has 0 aliphatic heterocycles. The van der Waals surface area contributed by atoms with Crippen LogP contribution in [-0.4, -0.2) is 32.8 Å². The van der Waals surface area contributed by atoms with Crippen LogP contribution in [0.15, 0.2) is 36.7 Å². The van der Waals surface area contributed by atoms with Gasteiger partial charge < -0.3 is 10.1 Å². The van der Waals surface area contributed by atoms with E-state index in [1.54, 1.807) is 24.2 Å². The maximum absolute atomic E-state index is 12.4. The first-order valence-corrected chi connectivity index (χ1v) is 7.70. The Morgan fingerprint density at radius 3 is 2.83 bits per heavy atom. The molecular formula is C17H19N5O2. The van der Waals surface area contributed by atoms with E-state index in [9.17, 15) is 4.79 Å². The fraction of sp³-hybridized carbons (Fsp3) is 0.294. The number of aromatic nitrogens is 4. The Hall–Kier alpha value is -2.96. The van der Waals surface area contributed by atoms with Gasteiger partial charge in [-0.25, -0.2) is 9.97 Å². The molecule has 3 rings (SSSR count). The number of hydrogen-bond acceptors (Lipinski definition) is 5. The molecule has 0 radical (unpaired) electrons. The molecule has 2 heterocycles. The number of carbonyl (C=O) groups excluding carboxylic acids is 1. The van der Waals surface area contributed by atoms with Crippen LogP contribution in [0.5, 0.6) is 5.75 Å². The summed E-state index contributed by atoms with van der Waals surface area (Å²) in [7, 11) is 1.58. The monoisotopic (exact) mass is 325 g/mol. The van der Waals surface area contributed by atoms with Crippen molar-refractivity contribution in [2.24, 2.45) is 0 Å². The van der Waals surface area contributed by atoms with Gasteiger partial charge in [0.25, 0.3) is 5.91 Å². The minimum absolute atomic E-state index is 0.230. The van der Waals surface area contributed by atoms with Crippen LogP contribution in [0.3, 0.4) is 0 Å². The first-order valence-electron chi connectivity index (χ1n) is 7.70. The van der Waals surface area contributed by atoms with Gasteiger partial charge in [-0.2, -0.15) is 5.10 Å². The summed E-state index contributed by atoms with van der Waals surface area (Å²) in [5.74, 6) is 0.887. The van der Waals surface area contributed by atoms with Gasteiger partial charge in [0, 0.05) is 17.5 Å². The van der Waals surface area contributed by atoms with Gasteiger partial charge in [0.05, 0.1) is 19.2 Å². The van der Waals surface area contributed by atoms with Gasteiger partial charge in [-0.15, -0.1) is 0 Å². The van der Waals surface area contributed by atoms with Crippen LogP contribution in [0.2, 0.25) is 0 Å². The third-order valence-corrected chi connectivity index (χ3v) is 3.62. The number of nitrogens with zero attached hydrogens (tertiary/aromatic N) is 4. The highest BCUT2D eigenvalue weighted by Crippen LogP contribution is 2.24. The average molecular weight is 325 g/mol.